The monoisotopic (exact) mass is 543 g/mol. The highest BCUT2D eigenvalue weighted by molar-refractivity contribution is 7.92. The first kappa shape index (κ1) is 27.3. The summed E-state index contributed by atoms with van der Waals surface area (Å²) in [7, 11) is -4.01. The lowest BCUT2D eigenvalue weighted by atomic mass is 10.1. The largest absolute Gasteiger partial charge is 0.478 e. The number of carbonyl (C=O) groups is 2. The molecule has 0 spiro atoms. The van der Waals surface area contributed by atoms with Gasteiger partial charge in [0.2, 0.25) is 5.91 Å². The second-order valence-electron chi connectivity index (χ2n) is 10.2. The van der Waals surface area contributed by atoms with Crippen molar-refractivity contribution >= 4 is 44.3 Å². The summed E-state index contributed by atoms with van der Waals surface area (Å²) in [5, 5.41) is 13.1. The van der Waals surface area contributed by atoms with Crippen molar-refractivity contribution < 1.29 is 27.5 Å². The van der Waals surface area contributed by atoms with Crippen molar-refractivity contribution in [3.05, 3.63) is 59.9 Å². The van der Waals surface area contributed by atoms with Gasteiger partial charge in [-0.1, -0.05) is 0 Å². The molecule has 1 amide bonds. The number of hydrogen-bond acceptors (Lipinski definition) is 7. The number of fused-ring (bicyclic) bond motifs is 1. The highest BCUT2D eigenvalue weighted by Gasteiger charge is 2.24. The zero-order chi connectivity index (χ0) is 27.7. The van der Waals surface area contributed by atoms with Crippen molar-refractivity contribution in [2.45, 2.75) is 31.2 Å². The van der Waals surface area contributed by atoms with Crippen LogP contribution in [-0.4, -0.2) is 73.5 Å². The van der Waals surface area contributed by atoms with Gasteiger partial charge in [0.1, 0.15) is 11.6 Å². The molecule has 2 aromatic carbocycles. The van der Waals surface area contributed by atoms with Crippen LogP contribution in [0.5, 0.6) is 0 Å². The molecule has 12 heteroatoms. The average molecular weight is 544 g/mol. The van der Waals surface area contributed by atoms with Gasteiger partial charge in [-0.25, -0.2) is 22.6 Å². The number of rotatable bonds is 7. The van der Waals surface area contributed by atoms with Crippen LogP contribution < -0.4 is 14.9 Å². The van der Waals surface area contributed by atoms with Crippen LogP contribution in [0.4, 0.5) is 15.9 Å². The number of benzene rings is 2. The molecule has 3 N–H and O–H groups in total. The van der Waals surface area contributed by atoms with Crippen LogP contribution in [0.3, 0.4) is 0 Å². The number of amides is 1. The third kappa shape index (κ3) is 6.56. The molecule has 1 aliphatic heterocycles. The van der Waals surface area contributed by atoms with Crippen LogP contribution in [0, 0.1) is 5.82 Å². The number of nitrogens with zero attached hydrogens (tertiary/aromatic N) is 3. The molecule has 1 fully saturated rings. The second-order valence-corrected chi connectivity index (χ2v) is 11.9. The van der Waals surface area contributed by atoms with Crippen molar-refractivity contribution in [1.82, 2.24) is 15.2 Å². The number of aromatic carboxylic acids is 1. The van der Waals surface area contributed by atoms with E-state index in [4.69, 9.17) is 0 Å². The highest BCUT2D eigenvalue weighted by Crippen LogP contribution is 2.28. The van der Waals surface area contributed by atoms with Crippen LogP contribution >= 0.6 is 0 Å². The molecule has 2 heterocycles. The molecule has 38 heavy (non-hydrogen) atoms. The van der Waals surface area contributed by atoms with Gasteiger partial charge in [0.05, 0.1) is 22.5 Å². The first-order chi connectivity index (χ1) is 17.8. The molecule has 1 aromatic heterocycles. The number of carboxylic acids is 1. The molecule has 202 valence electrons. The lowest BCUT2D eigenvalue weighted by Gasteiger charge is -2.35. The maximum Gasteiger partial charge on any atom is 0.336 e. The fourth-order valence-electron chi connectivity index (χ4n) is 4.24. The Labute approximate surface area is 220 Å². The van der Waals surface area contributed by atoms with Crippen molar-refractivity contribution in [2.75, 3.05) is 42.3 Å². The number of piperazine rings is 1. The summed E-state index contributed by atoms with van der Waals surface area (Å²) in [6.45, 7) is 8.43. The van der Waals surface area contributed by atoms with E-state index in [0.717, 1.165) is 24.3 Å². The maximum atomic E-state index is 13.2. The molecule has 0 radical (unpaired) electrons. The summed E-state index contributed by atoms with van der Waals surface area (Å²) in [4.78, 5) is 32.9. The Morgan fingerprint density at radius 3 is 2.29 bits per heavy atom. The molecule has 1 saturated heterocycles. The number of hydrogen-bond donors (Lipinski definition) is 3. The third-order valence-corrected chi connectivity index (χ3v) is 7.38. The minimum absolute atomic E-state index is 0.0141. The number of nitrogens with one attached hydrogen (secondary N) is 2. The van der Waals surface area contributed by atoms with Crippen molar-refractivity contribution in [3.8, 4) is 0 Å². The average Bonchev–Trinajstić information content (AvgIpc) is 2.82. The molecule has 1 aliphatic rings. The lowest BCUT2D eigenvalue weighted by Crippen LogP contribution is -2.52. The van der Waals surface area contributed by atoms with Crippen molar-refractivity contribution in [3.63, 3.8) is 0 Å². The first-order valence-electron chi connectivity index (χ1n) is 12.1. The van der Waals surface area contributed by atoms with E-state index in [1.165, 1.54) is 18.2 Å². The Bertz CT molecular complexity index is 1460. The molecule has 0 aliphatic carbocycles. The van der Waals surface area contributed by atoms with E-state index in [1.54, 1.807) is 6.07 Å². The van der Waals surface area contributed by atoms with E-state index >= 15 is 0 Å². The molecular weight excluding hydrogens is 513 g/mol. The van der Waals surface area contributed by atoms with E-state index in [1.807, 2.05) is 30.6 Å². The smallest absolute Gasteiger partial charge is 0.336 e. The van der Waals surface area contributed by atoms with Crippen LogP contribution in [0.15, 0.2) is 53.4 Å². The molecule has 0 bridgehead atoms. The number of anilines is 2. The summed E-state index contributed by atoms with van der Waals surface area (Å²) < 4.78 is 41.0. The second kappa shape index (κ2) is 10.5. The van der Waals surface area contributed by atoms with E-state index in [0.29, 0.717) is 37.5 Å². The molecule has 0 atom stereocenters. The minimum atomic E-state index is -4.01. The number of carboxylic acid groups (broad SMARTS) is 1. The standard InChI is InChI=1S/C26H30FN5O5S/c1-26(2,3)29-24(33)16-31-10-12-32(13-11-31)23-15-21(25(34)35)20-14-18(6-9-22(20)28-23)30-38(36,37)19-7-4-17(27)5-8-19/h4-9,14-15,30H,10-13,16H2,1-3H3,(H,29,33)(H,34,35). The summed E-state index contributed by atoms with van der Waals surface area (Å²) in [6.07, 6.45) is 0. The quantitative estimate of drug-likeness (QED) is 0.415. The van der Waals surface area contributed by atoms with E-state index < -0.39 is 21.8 Å². The minimum Gasteiger partial charge on any atom is -0.478 e. The Kier molecular flexibility index (Phi) is 7.56. The molecule has 4 rings (SSSR count). The topological polar surface area (TPSA) is 132 Å². The molecular formula is C26H30FN5O5S. The van der Waals surface area contributed by atoms with Crippen molar-refractivity contribution in [1.29, 1.82) is 0 Å². The Hall–Kier alpha value is -3.77. The molecule has 10 nitrogen and oxygen atoms in total. The number of carbonyl (C=O) groups excluding carboxylic acids is 1. The van der Waals surface area contributed by atoms with Crippen LogP contribution in [0.2, 0.25) is 0 Å². The fraction of sp³-hybridized carbons (Fsp3) is 0.346. The van der Waals surface area contributed by atoms with E-state index in [2.05, 4.69) is 15.0 Å². The summed E-state index contributed by atoms with van der Waals surface area (Å²) in [5.74, 6) is -1.29. The predicted molar refractivity (Wildman–Crippen MR) is 142 cm³/mol. The van der Waals surface area contributed by atoms with Crippen molar-refractivity contribution in [2.24, 2.45) is 0 Å². The van der Waals surface area contributed by atoms with Gasteiger partial charge in [0, 0.05) is 42.8 Å². The molecule has 0 unspecified atom stereocenters. The fourth-order valence-corrected chi connectivity index (χ4v) is 5.29. The lowest BCUT2D eigenvalue weighted by molar-refractivity contribution is -0.123. The van der Waals surface area contributed by atoms with Gasteiger partial charge in [-0.15, -0.1) is 0 Å². The summed E-state index contributed by atoms with van der Waals surface area (Å²) in [5.41, 5.74) is 0.235. The van der Waals surface area contributed by atoms with Gasteiger partial charge in [0.25, 0.3) is 10.0 Å². The Balaban J connectivity index is 1.52. The van der Waals surface area contributed by atoms with Crippen LogP contribution in [0.1, 0.15) is 31.1 Å². The number of pyridine rings is 1. The molecule has 0 saturated carbocycles. The first-order valence-corrected chi connectivity index (χ1v) is 13.5. The number of aromatic nitrogens is 1. The van der Waals surface area contributed by atoms with E-state index in [9.17, 15) is 27.5 Å². The number of sulfonamides is 1. The normalized spacial score (nSPS) is 14.9. The summed E-state index contributed by atoms with van der Waals surface area (Å²) >= 11 is 0. The SMILES string of the molecule is CC(C)(C)NC(=O)CN1CCN(c2cc(C(=O)O)c3cc(NS(=O)(=O)c4ccc(F)cc4)ccc3n2)CC1. The van der Waals surface area contributed by atoms with Gasteiger partial charge in [-0.2, -0.15) is 0 Å². The van der Waals surface area contributed by atoms with Gasteiger partial charge in [-0.05, 0) is 69.3 Å². The van der Waals surface area contributed by atoms with Gasteiger partial charge >= 0.3 is 5.97 Å². The maximum absolute atomic E-state index is 13.2. The zero-order valence-electron chi connectivity index (χ0n) is 21.4. The van der Waals surface area contributed by atoms with Gasteiger partial charge in [-0.3, -0.25) is 14.4 Å². The number of halogens is 1. The van der Waals surface area contributed by atoms with Crippen LogP contribution in [0.25, 0.3) is 10.9 Å². The zero-order valence-corrected chi connectivity index (χ0v) is 22.2. The predicted octanol–water partition coefficient (Wildman–Crippen LogP) is 2.91. The van der Waals surface area contributed by atoms with Gasteiger partial charge in [0.15, 0.2) is 0 Å². The van der Waals surface area contributed by atoms with E-state index in [-0.39, 0.29) is 39.5 Å². The molecule has 3 aromatic rings. The van der Waals surface area contributed by atoms with Gasteiger partial charge < -0.3 is 15.3 Å². The van der Waals surface area contributed by atoms with Crippen LogP contribution in [-0.2, 0) is 14.8 Å². The Morgan fingerprint density at radius 2 is 1.68 bits per heavy atom. The third-order valence-electron chi connectivity index (χ3n) is 5.98. The highest BCUT2D eigenvalue weighted by atomic mass is 32.2. The Morgan fingerprint density at radius 1 is 1.03 bits per heavy atom. The summed E-state index contributed by atoms with van der Waals surface area (Å²) in [6, 6.07) is 10.3.